The van der Waals surface area contributed by atoms with Crippen molar-refractivity contribution in [1.82, 2.24) is 0 Å². The lowest BCUT2D eigenvalue weighted by atomic mass is 9.99. The third-order valence-corrected chi connectivity index (χ3v) is 2.60. The van der Waals surface area contributed by atoms with Crippen molar-refractivity contribution in [2.75, 3.05) is 0 Å². The summed E-state index contributed by atoms with van der Waals surface area (Å²) in [6.45, 7) is 1.64. The molecule has 0 saturated carbocycles. The lowest BCUT2D eigenvalue weighted by Gasteiger charge is -2.11. The van der Waals surface area contributed by atoms with Crippen LogP contribution >= 0.6 is 0 Å². The van der Waals surface area contributed by atoms with Gasteiger partial charge in [-0.25, -0.2) is 0 Å². The second-order valence-electron chi connectivity index (χ2n) is 3.79. The summed E-state index contributed by atoms with van der Waals surface area (Å²) in [7, 11) is 0. The van der Waals surface area contributed by atoms with E-state index in [1.54, 1.807) is 13.0 Å². The van der Waals surface area contributed by atoms with Crippen molar-refractivity contribution in [3.63, 3.8) is 0 Å². The monoisotopic (exact) mass is 214 g/mol. The molecule has 0 aromatic heterocycles. The molecule has 16 heavy (non-hydrogen) atoms. The van der Waals surface area contributed by atoms with Gasteiger partial charge in [-0.3, -0.25) is 0 Å². The maximum atomic E-state index is 10.1. The van der Waals surface area contributed by atoms with Crippen LogP contribution in [0.5, 0.6) is 5.75 Å². The highest BCUT2D eigenvalue weighted by atomic mass is 16.3. The van der Waals surface area contributed by atoms with Crippen molar-refractivity contribution in [1.29, 1.82) is 0 Å². The predicted molar refractivity (Wildman–Crippen MR) is 64.2 cm³/mol. The number of benzene rings is 2. The zero-order valence-electron chi connectivity index (χ0n) is 9.09. The molecule has 0 radical (unpaired) electrons. The van der Waals surface area contributed by atoms with E-state index in [1.165, 1.54) is 0 Å². The van der Waals surface area contributed by atoms with Crippen LogP contribution in [0.2, 0.25) is 0 Å². The number of phenols is 1. The Bertz CT molecular complexity index is 475. The summed E-state index contributed by atoms with van der Waals surface area (Å²) in [5.41, 5.74) is 2.25. The maximum absolute atomic E-state index is 10.1. The van der Waals surface area contributed by atoms with Gasteiger partial charge in [0.1, 0.15) is 5.75 Å². The molecule has 0 fully saturated rings. The molecule has 0 spiro atoms. The standard InChI is InChI=1S/C14H14O2/c1-10(15)12-8-5-9-13(14(12)16)11-6-3-2-4-7-11/h2-10,15-16H,1H3. The van der Waals surface area contributed by atoms with E-state index in [1.807, 2.05) is 42.5 Å². The first-order chi connectivity index (χ1) is 7.70. The molecule has 1 atom stereocenters. The van der Waals surface area contributed by atoms with Gasteiger partial charge in [0.25, 0.3) is 0 Å². The SMILES string of the molecule is CC(O)c1cccc(-c2ccccc2)c1O. The average Bonchev–Trinajstić information content (AvgIpc) is 2.30. The van der Waals surface area contributed by atoms with Gasteiger partial charge in [-0.15, -0.1) is 0 Å². The fourth-order valence-corrected chi connectivity index (χ4v) is 1.75. The number of aliphatic hydroxyl groups is 1. The molecular formula is C14H14O2. The fraction of sp³-hybridized carbons (Fsp3) is 0.143. The molecule has 0 saturated heterocycles. The lowest BCUT2D eigenvalue weighted by Crippen LogP contribution is -1.92. The number of phenolic OH excluding ortho intramolecular Hbond substituents is 1. The van der Waals surface area contributed by atoms with Crippen molar-refractivity contribution in [2.24, 2.45) is 0 Å². The Morgan fingerprint density at radius 2 is 1.62 bits per heavy atom. The first kappa shape index (κ1) is 10.7. The van der Waals surface area contributed by atoms with E-state index >= 15 is 0 Å². The minimum absolute atomic E-state index is 0.156. The molecule has 0 bridgehead atoms. The van der Waals surface area contributed by atoms with Gasteiger partial charge in [0.15, 0.2) is 0 Å². The molecule has 2 heteroatoms. The molecule has 2 nitrogen and oxygen atoms in total. The van der Waals surface area contributed by atoms with Crippen LogP contribution in [-0.2, 0) is 0 Å². The number of hydrogen-bond donors (Lipinski definition) is 2. The topological polar surface area (TPSA) is 40.5 Å². The number of para-hydroxylation sites is 1. The Balaban J connectivity index is 2.55. The van der Waals surface area contributed by atoms with Crippen LogP contribution in [0.1, 0.15) is 18.6 Å². The molecule has 0 aliphatic rings. The second kappa shape index (κ2) is 4.37. The van der Waals surface area contributed by atoms with Crippen molar-refractivity contribution in [3.05, 3.63) is 54.1 Å². The predicted octanol–water partition coefficient (Wildman–Crippen LogP) is 3.11. The molecule has 2 aromatic carbocycles. The van der Waals surface area contributed by atoms with Gasteiger partial charge in [0, 0.05) is 11.1 Å². The third kappa shape index (κ3) is 1.92. The number of aliphatic hydroxyl groups excluding tert-OH is 1. The smallest absolute Gasteiger partial charge is 0.129 e. The van der Waals surface area contributed by atoms with Gasteiger partial charge in [0.2, 0.25) is 0 Å². The highest BCUT2D eigenvalue weighted by molar-refractivity contribution is 5.71. The molecule has 2 N–H and O–H groups in total. The number of hydrogen-bond acceptors (Lipinski definition) is 2. The first-order valence-corrected chi connectivity index (χ1v) is 5.25. The largest absolute Gasteiger partial charge is 0.507 e. The van der Waals surface area contributed by atoms with Gasteiger partial charge in [0.05, 0.1) is 6.10 Å². The summed E-state index contributed by atoms with van der Waals surface area (Å²) in [4.78, 5) is 0. The van der Waals surface area contributed by atoms with Crippen LogP contribution in [0.4, 0.5) is 0 Å². The van der Waals surface area contributed by atoms with Crippen molar-refractivity contribution in [2.45, 2.75) is 13.0 Å². The first-order valence-electron chi connectivity index (χ1n) is 5.25. The zero-order chi connectivity index (χ0) is 11.5. The Morgan fingerprint density at radius 3 is 2.25 bits per heavy atom. The molecule has 0 aliphatic carbocycles. The summed E-state index contributed by atoms with van der Waals surface area (Å²) in [6.07, 6.45) is -0.663. The van der Waals surface area contributed by atoms with Gasteiger partial charge < -0.3 is 10.2 Å². The molecule has 1 unspecified atom stereocenters. The highest BCUT2D eigenvalue weighted by Gasteiger charge is 2.11. The Kier molecular flexibility index (Phi) is 2.93. The van der Waals surface area contributed by atoms with Crippen molar-refractivity contribution in [3.8, 4) is 16.9 Å². The summed E-state index contributed by atoms with van der Waals surface area (Å²) < 4.78 is 0. The van der Waals surface area contributed by atoms with E-state index in [0.717, 1.165) is 11.1 Å². The minimum atomic E-state index is -0.663. The molecule has 2 aromatic rings. The number of aromatic hydroxyl groups is 1. The maximum Gasteiger partial charge on any atom is 0.129 e. The Labute approximate surface area is 94.8 Å². The van der Waals surface area contributed by atoms with E-state index < -0.39 is 6.10 Å². The van der Waals surface area contributed by atoms with Crippen LogP contribution in [0.25, 0.3) is 11.1 Å². The van der Waals surface area contributed by atoms with Gasteiger partial charge in [-0.2, -0.15) is 0 Å². The van der Waals surface area contributed by atoms with Crippen LogP contribution < -0.4 is 0 Å². The zero-order valence-corrected chi connectivity index (χ0v) is 9.09. The highest BCUT2D eigenvalue weighted by Crippen LogP contribution is 2.34. The minimum Gasteiger partial charge on any atom is -0.507 e. The molecule has 0 heterocycles. The lowest BCUT2D eigenvalue weighted by molar-refractivity contribution is 0.195. The molecule has 82 valence electrons. The Morgan fingerprint density at radius 1 is 0.938 bits per heavy atom. The van der Waals surface area contributed by atoms with E-state index in [4.69, 9.17) is 0 Å². The van der Waals surface area contributed by atoms with E-state index in [2.05, 4.69) is 0 Å². The third-order valence-electron chi connectivity index (χ3n) is 2.60. The molecule has 0 amide bonds. The normalized spacial score (nSPS) is 12.4. The molecular weight excluding hydrogens is 200 g/mol. The van der Waals surface area contributed by atoms with E-state index in [0.29, 0.717) is 5.56 Å². The summed E-state index contributed by atoms with van der Waals surface area (Å²) >= 11 is 0. The molecule has 0 aliphatic heterocycles. The van der Waals surface area contributed by atoms with Crippen LogP contribution in [-0.4, -0.2) is 10.2 Å². The molecule has 2 rings (SSSR count). The van der Waals surface area contributed by atoms with Crippen molar-refractivity contribution >= 4 is 0 Å². The van der Waals surface area contributed by atoms with Gasteiger partial charge in [-0.05, 0) is 12.5 Å². The van der Waals surface area contributed by atoms with Crippen molar-refractivity contribution < 1.29 is 10.2 Å². The number of rotatable bonds is 2. The fourth-order valence-electron chi connectivity index (χ4n) is 1.75. The second-order valence-corrected chi connectivity index (χ2v) is 3.79. The Hall–Kier alpha value is -1.80. The van der Waals surface area contributed by atoms with Gasteiger partial charge in [-0.1, -0.05) is 48.5 Å². The van der Waals surface area contributed by atoms with Crippen LogP contribution in [0, 0.1) is 0 Å². The van der Waals surface area contributed by atoms with E-state index in [-0.39, 0.29) is 5.75 Å². The van der Waals surface area contributed by atoms with Gasteiger partial charge >= 0.3 is 0 Å². The summed E-state index contributed by atoms with van der Waals surface area (Å²) in [5, 5.41) is 19.6. The summed E-state index contributed by atoms with van der Waals surface area (Å²) in [6, 6.07) is 15.0. The van der Waals surface area contributed by atoms with Crippen LogP contribution in [0.3, 0.4) is 0 Å². The van der Waals surface area contributed by atoms with E-state index in [9.17, 15) is 10.2 Å². The van der Waals surface area contributed by atoms with Crippen LogP contribution in [0.15, 0.2) is 48.5 Å². The average molecular weight is 214 g/mol. The quantitative estimate of drug-likeness (QED) is 0.806. The summed E-state index contributed by atoms with van der Waals surface area (Å²) in [5.74, 6) is 0.156.